The van der Waals surface area contributed by atoms with E-state index in [1.165, 1.54) is 23.5 Å². The molecule has 0 radical (unpaired) electrons. The van der Waals surface area contributed by atoms with Crippen molar-refractivity contribution in [2.75, 3.05) is 13.1 Å². The van der Waals surface area contributed by atoms with Crippen molar-refractivity contribution in [2.24, 2.45) is 0 Å². The number of fused-ring (bicyclic) bond motifs is 1. The normalized spacial score (nSPS) is 13.3. The van der Waals surface area contributed by atoms with Crippen LogP contribution < -0.4 is 5.32 Å². The van der Waals surface area contributed by atoms with Crippen LogP contribution in [0, 0.1) is 5.82 Å². The van der Waals surface area contributed by atoms with Crippen LogP contribution in [-0.4, -0.2) is 35.7 Å². The van der Waals surface area contributed by atoms with Crippen LogP contribution in [0.4, 0.5) is 4.39 Å². The molecule has 1 aromatic carbocycles. The maximum Gasteiger partial charge on any atom is 0.264 e. The van der Waals surface area contributed by atoms with Crippen molar-refractivity contribution in [3.8, 4) is 0 Å². The minimum atomic E-state index is -0.704. The van der Waals surface area contributed by atoms with Crippen molar-refractivity contribution in [1.29, 1.82) is 0 Å². The van der Waals surface area contributed by atoms with Crippen LogP contribution in [0.25, 0.3) is 0 Å². The summed E-state index contributed by atoms with van der Waals surface area (Å²) in [5, 5.41) is 4.54. The van der Waals surface area contributed by atoms with Crippen LogP contribution >= 0.6 is 11.3 Å². The molecule has 3 rings (SSSR count). The second kappa shape index (κ2) is 6.29. The monoisotopic (exact) mass is 332 g/mol. The molecule has 0 saturated heterocycles. The molecular weight excluding hydrogens is 319 g/mol. The first-order valence-electron chi connectivity index (χ1n) is 7.01. The van der Waals surface area contributed by atoms with Gasteiger partial charge in [0, 0.05) is 18.0 Å². The molecule has 0 unspecified atom stereocenters. The Kier molecular flexibility index (Phi) is 4.20. The lowest BCUT2D eigenvalue weighted by molar-refractivity contribution is -0.120. The molecule has 0 bridgehead atoms. The van der Waals surface area contributed by atoms with Gasteiger partial charge in [-0.1, -0.05) is 12.1 Å². The van der Waals surface area contributed by atoms with Crippen LogP contribution in [0.2, 0.25) is 0 Å². The number of amides is 3. The summed E-state index contributed by atoms with van der Waals surface area (Å²) in [7, 11) is 0. The van der Waals surface area contributed by atoms with Gasteiger partial charge in [-0.15, -0.1) is 11.3 Å². The molecular formula is C16H13FN2O3S. The molecule has 7 heteroatoms. The van der Waals surface area contributed by atoms with Crippen LogP contribution in [0.15, 0.2) is 35.7 Å². The Morgan fingerprint density at radius 3 is 2.70 bits per heavy atom. The largest absolute Gasteiger partial charge is 0.354 e. The highest BCUT2D eigenvalue weighted by atomic mass is 32.1. The lowest BCUT2D eigenvalue weighted by atomic mass is 10.1. The van der Waals surface area contributed by atoms with E-state index >= 15 is 0 Å². The number of thiophene rings is 1. The third-order valence-electron chi connectivity index (χ3n) is 3.52. The summed E-state index contributed by atoms with van der Waals surface area (Å²) in [6, 6.07) is 7.69. The molecule has 118 valence electrons. The number of imide groups is 1. The number of rotatable bonds is 5. The first-order chi connectivity index (χ1) is 11.1. The lowest BCUT2D eigenvalue weighted by Crippen LogP contribution is -2.38. The van der Waals surface area contributed by atoms with E-state index in [0.717, 1.165) is 15.8 Å². The molecule has 0 aliphatic carbocycles. The van der Waals surface area contributed by atoms with Crippen LogP contribution in [0.1, 0.15) is 25.6 Å². The van der Waals surface area contributed by atoms with Gasteiger partial charge in [0.05, 0.1) is 17.5 Å². The smallest absolute Gasteiger partial charge is 0.264 e. The highest BCUT2D eigenvalue weighted by Gasteiger charge is 2.37. The van der Waals surface area contributed by atoms with Crippen molar-refractivity contribution in [2.45, 2.75) is 6.42 Å². The van der Waals surface area contributed by atoms with Gasteiger partial charge in [-0.05, 0) is 23.6 Å². The number of hydrogen-bond donors (Lipinski definition) is 1. The summed E-state index contributed by atoms with van der Waals surface area (Å²) in [4.78, 5) is 37.9. The lowest BCUT2D eigenvalue weighted by Gasteiger charge is -2.14. The molecule has 1 aliphatic heterocycles. The van der Waals surface area contributed by atoms with E-state index in [9.17, 15) is 18.8 Å². The summed E-state index contributed by atoms with van der Waals surface area (Å²) in [6.45, 7) is 0.152. The zero-order valence-electron chi connectivity index (χ0n) is 12.0. The van der Waals surface area contributed by atoms with Crippen LogP contribution in [0.3, 0.4) is 0 Å². The van der Waals surface area contributed by atoms with E-state index < -0.39 is 17.6 Å². The molecule has 1 N–H and O–H groups in total. The Labute approximate surface area is 135 Å². The van der Waals surface area contributed by atoms with Crippen molar-refractivity contribution >= 4 is 29.1 Å². The summed E-state index contributed by atoms with van der Waals surface area (Å²) in [6.07, 6.45) is 0.258. The van der Waals surface area contributed by atoms with E-state index in [0.29, 0.717) is 0 Å². The maximum absolute atomic E-state index is 13.7. The summed E-state index contributed by atoms with van der Waals surface area (Å²) in [5.74, 6) is -2.08. The van der Waals surface area contributed by atoms with Gasteiger partial charge in [-0.2, -0.15) is 0 Å². The predicted octanol–water partition coefficient (Wildman–Crippen LogP) is 1.84. The Morgan fingerprint density at radius 1 is 1.17 bits per heavy atom. The molecule has 2 aromatic rings. The van der Waals surface area contributed by atoms with E-state index in [-0.39, 0.29) is 36.5 Å². The van der Waals surface area contributed by atoms with Gasteiger partial charge in [0.25, 0.3) is 11.8 Å². The van der Waals surface area contributed by atoms with Gasteiger partial charge in [0.1, 0.15) is 5.82 Å². The Morgan fingerprint density at radius 2 is 2.00 bits per heavy atom. The van der Waals surface area contributed by atoms with Crippen molar-refractivity contribution in [3.63, 3.8) is 0 Å². The second-order valence-electron chi connectivity index (χ2n) is 5.03. The molecule has 0 saturated carbocycles. The van der Waals surface area contributed by atoms with Gasteiger partial charge < -0.3 is 5.32 Å². The number of carbonyl (C=O) groups excluding carboxylic acids is 3. The molecule has 2 heterocycles. The van der Waals surface area contributed by atoms with Crippen molar-refractivity contribution < 1.29 is 18.8 Å². The third kappa shape index (κ3) is 3.00. The summed E-state index contributed by atoms with van der Waals surface area (Å²) >= 11 is 1.48. The van der Waals surface area contributed by atoms with Crippen LogP contribution in [-0.2, 0) is 11.2 Å². The quantitative estimate of drug-likeness (QED) is 0.850. The van der Waals surface area contributed by atoms with Crippen molar-refractivity contribution in [3.05, 3.63) is 57.5 Å². The minimum absolute atomic E-state index is 0.0158. The Balaban J connectivity index is 1.57. The van der Waals surface area contributed by atoms with Gasteiger partial charge in [-0.25, -0.2) is 4.39 Å². The number of nitrogens with zero attached hydrogens (tertiary/aromatic N) is 1. The Hall–Kier alpha value is -2.54. The topological polar surface area (TPSA) is 66.5 Å². The molecule has 23 heavy (non-hydrogen) atoms. The molecule has 3 amide bonds. The van der Waals surface area contributed by atoms with Gasteiger partial charge in [0.2, 0.25) is 5.91 Å². The fourth-order valence-corrected chi connectivity index (χ4v) is 3.14. The van der Waals surface area contributed by atoms with E-state index in [2.05, 4.69) is 5.32 Å². The second-order valence-corrected chi connectivity index (χ2v) is 6.06. The van der Waals surface area contributed by atoms with E-state index in [4.69, 9.17) is 0 Å². The third-order valence-corrected chi connectivity index (χ3v) is 4.40. The fraction of sp³-hybridized carbons (Fsp3) is 0.188. The molecule has 0 spiro atoms. The predicted molar refractivity (Wildman–Crippen MR) is 82.8 cm³/mol. The van der Waals surface area contributed by atoms with E-state index in [1.807, 2.05) is 17.5 Å². The molecule has 5 nitrogen and oxygen atoms in total. The SMILES string of the molecule is O=C(Cc1cccs1)NCCN1C(=O)c2cccc(F)c2C1=O. The van der Waals surface area contributed by atoms with Gasteiger partial charge in [0.15, 0.2) is 0 Å². The molecule has 0 fully saturated rings. The number of benzene rings is 1. The van der Waals surface area contributed by atoms with E-state index in [1.54, 1.807) is 0 Å². The molecule has 1 aromatic heterocycles. The summed E-state index contributed by atoms with van der Waals surface area (Å²) in [5.41, 5.74) is -0.123. The van der Waals surface area contributed by atoms with Gasteiger partial charge in [-0.3, -0.25) is 19.3 Å². The zero-order chi connectivity index (χ0) is 16.4. The summed E-state index contributed by atoms with van der Waals surface area (Å²) < 4.78 is 13.7. The van der Waals surface area contributed by atoms with Crippen molar-refractivity contribution in [1.82, 2.24) is 10.2 Å². The highest BCUT2D eigenvalue weighted by molar-refractivity contribution is 7.10. The minimum Gasteiger partial charge on any atom is -0.354 e. The van der Waals surface area contributed by atoms with Crippen LogP contribution in [0.5, 0.6) is 0 Å². The number of halogens is 1. The first-order valence-corrected chi connectivity index (χ1v) is 7.89. The number of nitrogens with one attached hydrogen (secondary N) is 1. The zero-order valence-corrected chi connectivity index (χ0v) is 12.9. The number of hydrogen-bond acceptors (Lipinski definition) is 4. The maximum atomic E-state index is 13.7. The standard InChI is InChI=1S/C16H13FN2O3S/c17-12-5-1-4-11-14(12)16(22)19(15(11)21)7-6-18-13(20)9-10-3-2-8-23-10/h1-5,8H,6-7,9H2,(H,18,20). The average Bonchev–Trinajstić information content (AvgIpc) is 3.10. The van der Waals surface area contributed by atoms with Gasteiger partial charge >= 0.3 is 0 Å². The number of carbonyl (C=O) groups is 3. The molecule has 1 aliphatic rings. The highest BCUT2D eigenvalue weighted by Crippen LogP contribution is 2.24. The fourth-order valence-electron chi connectivity index (χ4n) is 2.44. The molecule has 0 atom stereocenters. The average molecular weight is 332 g/mol. The Bertz CT molecular complexity index is 774. The first kappa shape index (κ1) is 15.4.